The van der Waals surface area contributed by atoms with Gasteiger partial charge in [-0.3, -0.25) is 9.59 Å². The van der Waals surface area contributed by atoms with E-state index in [2.05, 4.69) is 5.32 Å². The first-order valence-electron chi connectivity index (χ1n) is 5.83. The summed E-state index contributed by atoms with van der Waals surface area (Å²) in [4.78, 5) is 25.4. The Hall–Kier alpha value is -1.72. The molecule has 2 rings (SSSR count). The average Bonchev–Trinajstić information content (AvgIpc) is 2.29. The molecule has 0 aromatic carbocycles. The Bertz CT molecular complexity index is 378. The van der Waals surface area contributed by atoms with E-state index in [9.17, 15) is 14.7 Å². The highest BCUT2D eigenvalue weighted by Crippen LogP contribution is 2.23. The van der Waals surface area contributed by atoms with Crippen molar-refractivity contribution in [3.63, 3.8) is 0 Å². The summed E-state index contributed by atoms with van der Waals surface area (Å²) < 4.78 is 4.83. The second-order valence-corrected chi connectivity index (χ2v) is 4.10. The fourth-order valence-corrected chi connectivity index (χ4v) is 2.19. The van der Waals surface area contributed by atoms with Crippen LogP contribution >= 0.6 is 0 Å². The molecule has 1 atom stereocenters. The number of aliphatic hydroxyl groups excluding tert-OH is 1. The lowest BCUT2D eigenvalue weighted by molar-refractivity contribution is -0.141. The van der Waals surface area contributed by atoms with E-state index in [0.29, 0.717) is 6.54 Å². The highest BCUT2D eigenvalue weighted by Gasteiger charge is 2.40. The van der Waals surface area contributed by atoms with Crippen LogP contribution in [0.4, 0.5) is 0 Å². The van der Waals surface area contributed by atoms with E-state index in [0.717, 1.165) is 19.3 Å². The smallest absolute Gasteiger partial charge is 0.295 e. The molecule has 0 radical (unpaired) electrons. The number of rotatable bonds is 2. The van der Waals surface area contributed by atoms with Crippen LogP contribution in [0.3, 0.4) is 0 Å². The molecule has 2 amide bonds. The van der Waals surface area contributed by atoms with Crippen LogP contribution in [-0.2, 0) is 14.3 Å². The first-order chi connectivity index (χ1) is 8.15. The Balaban J connectivity index is 2.26. The summed E-state index contributed by atoms with van der Waals surface area (Å²) in [6.07, 6.45) is 2.44. The second-order valence-electron chi connectivity index (χ2n) is 4.10. The molecule has 2 aliphatic heterocycles. The van der Waals surface area contributed by atoms with Gasteiger partial charge in [0.25, 0.3) is 17.8 Å². The topological polar surface area (TPSA) is 78.9 Å². The fraction of sp³-hybridized carbons (Fsp3) is 0.636. The van der Waals surface area contributed by atoms with Crippen molar-refractivity contribution in [1.29, 1.82) is 0 Å². The number of piperidine rings is 1. The minimum atomic E-state index is -0.584. The molecule has 2 fully saturated rings. The van der Waals surface area contributed by atoms with Gasteiger partial charge in [0.15, 0.2) is 5.57 Å². The summed E-state index contributed by atoms with van der Waals surface area (Å²) in [7, 11) is 0. The summed E-state index contributed by atoms with van der Waals surface area (Å²) in [5.74, 6) is -1.58. The molecule has 94 valence electrons. The molecule has 0 aromatic heterocycles. The van der Waals surface area contributed by atoms with Gasteiger partial charge in [-0.1, -0.05) is 0 Å². The van der Waals surface area contributed by atoms with Crippen molar-refractivity contribution >= 4 is 11.8 Å². The zero-order valence-electron chi connectivity index (χ0n) is 9.73. The van der Waals surface area contributed by atoms with Crippen LogP contribution in [0.1, 0.15) is 26.2 Å². The molecule has 2 heterocycles. The molecule has 0 spiro atoms. The van der Waals surface area contributed by atoms with Gasteiger partial charge in [-0.05, 0) is 26.2 Å². The Labute approximate surface area is 99.2 Å². The second kappa shape index (κ2) is 4.65. The van der Waals surface area contributed by atoms with Crippen molar-refractivity contribution in [2.24, 2.45) is 0 Å². The maximum absolute atomic E-state index is 12.1. The molecule has 6 nitrogen and oxygen atoms in total. The van der Waals surface area contributed by atoms with Gasteiger partial charge in [-0.25, -0.2) is 0 Å². The zero-order chi connectivity index (χ0) is 12.4. The number of hydrogen-bond acceptors (Lipinski definition) is 4. The SMILES string of the molecule is CCOC(O)=C1C(=O)NC2CCCCN2C1=O. The largest absolute Gasteiger partial charge is 0.480 e. The number of nitrogens with one attached hydrogen (secondary N) is 1. The van der Waals surface area contributed by atoms with Crippen LogP contribution in [0.2, 0.25) is 0 Å². The molecule has 1 unspecified atom stereocenters. The van der Waals surface area contributed by atoms with Crippen LogP contribution in [0, 0.1) is 0 Å². The van der Waals surface area contributed by atoms with Gasteiger partial charge in [-0.2, -0.15) is 0 Å². The molecule has 17 heavy (non-hydrogen) atoms. The predicted octanol–water partition coefficient (Wildman–Crippen LogP) is 0.261. The van der Waals surface area contributed by atoms with Gasteiger partial charge < -0.3 is 20.1 Å². The number of carbonyl (C=O) groups is 2. The third-order valence-corrected chi connectivity index (χ3v) is 3.00. The number of ether oxygens (including phenoxy) is 1. The molecule has 2 N–H and O–H groups in total. The van der Waals surface area contributed by atoms with Crippen LogP contribution in [0.25, 0.3) is 0 Å². The Morgan fingerprint density at radius 2 is 2.29 bits per heavy atom. The third-order valence-electron chi connectivity index (χ3n) is 3.00. The van der Waals surface area contributed by atoms with E-state index >= 15 is 0 Å². The van der Waals surface area contributed by atoms with Crippen LogP contribution in [0.5, 0.6) is 0 Å². The van der Waals surface area contributed by atoms with Crippen molar-refractivity contribution in [3.05, 3.63) is 11.5 Å². The molecular weight excluding hydrogens is 224 g/mol. The maximum Gasteiger partial charge on any atom is 0.295 e. The number of aliphatic hydroxyl groups is 1. The van der Waals surface area contributed by atoms with E-state index in [1.165, 1.54) is 0 Å². The predicted molar refractivity (Wildman–Crippen MR) is 58.8 cm³/mol. The molecule has 0 bridgehead atoms. The van der Waals surface area contributed by atoms with Gasteiger partial charge >= 0.3 is 0 Å². The first kappa shape index (κ1) is 11.8. The van der Waals surface area contributed by atoms with E-state index < -0.39 is 17.8 Å². The van der Waals surface area contributed by atoms with Gasteiger partial charge in [0.2, 0.25) is 0 Å². The van der Waals surface area contributed by atoms with Gasteiger partial charge in [0.05, 0.1) is 6.61 Å². The molecule has 2 saturated heterocycles. The summed E-state index contributed by atoms with van der Waals surface area (Å²) in [6.45, 7) is 2.48. The van der Waals surface area contributed by atoms with E-state index in [1.807, 2.05) is 0 Å². The number of fused-ring (bicyclic) bond motifs is 1. The van der Waals surface area contributed by atoms with Gasteiger partial charge in [0, 0.05) is 6.54 Å². The molecular formula is C11H16N2O4. The molecule has 0 aliphatic carbocycles. The summed E-state index contributed by atoms with van der Waals surface area (Å²) >= 11 is 0. The van der Waals surface area contributed by atoms with E-state index in [-0.39, 0.29) is 18.3 Å². The Morgan fingerprint density at radius 1 is 1.53 bits per heavy atom. The minimum Gasteiger partial charge on any atom is -0.480 e. The van der Waals surface area contributed by atoms with Crippen LogP contribution in [-0.4, -0.2) is 41.1 Å². The quantitative estimate of drug-likeness (QED) is 0.412. The monoisotopic (exact) mass is 240 g/mol. The Kier molecular flexibility index (Phi) is 3.21. The normalized spacial score (nSPS) is 27.4. The van der Waals surface area contributed by atoms with Crippen LogP contribution < -0.4 is 5.32 Å². The molecule has 2 aliphatic rings. The van der Waals surface area contributed by atoms with Crippen LogP contribution in [0.15, 0.2) is 11.5 Å². The van der Waals surface area contributed by atoms with Crippen molar-refractivity contribution in [1.82, 2.24) is 10.2 Å². The molecule has 0 saturated carbocycles. The van der Waals surface area contributed by atoms with E-state index in [1.54, 1.807) is 11.8 Å². The summed E-state index contributed by atoms with van der Waals surface area (Å²) in [5.41, 5.74) is -0.287. The first-order valence-corrected chi connectivity index (χ1v) is 5.83. The number of amides is 2. The molecule has 6 heteroatoms. The lowest BCUT2D eigenvalue weighted by atomic mass is 10.0. The number of hydrogen-bond donors (Lipinski definition) is 2. The average molecular weight is 240 g/mol. The van der Waals surface area contributed by atoms with Crippen molar-refractivity contribution < 1.29 is 19.4 Å². The highest BCUT2D eigenvalue weighted by molar-refractivity contribution is 6.20. The van der Waals surface area contributed by atoms with Gasteiger partial charge in [-0.15, -0.1) is 0 Å². The Morgan fingerprint density at radius 3 is 3.00 bits per heavy atom. The fourth-order valence-electron chi connectivity index (χ4n) is 2.19. The lowest BCUT2D eigenvalue weighted by Gasteiger charge is -2.39. The summed E-state index contributed by atoms with van der Waals surface area (Å²) in [6, 6.07) is 0. The summed E-state index contributed by atoms with van der Waals surface area (Å²) in [5, 5.41) is 12.3. The number of carbonyl (C=O) groups excluding carboxylic acids is 2. The highest BCUT2D eigenvalue weighted by atomic mass is 16.6. The van der Waals surface area contributed by atoms with Crippen molar-refractivity contribution in [2.45, 2.75) is 32.4 Å². The standard InChI is InChI=1S/C11H16N2O4/c1-2-17-11(16)8-9(14)12-7-5-3-4-6-13(7)10(8)15/h7,16H,2-6H2,1H3,(H,12,14). The third kappa shape index (κ3) is 2.07. The minimum absolute atomic E-state index is 0.208. The number of nitrogens with zero attached hydrogens (tertiary/aromatic N) is 1. The van der Waals surface area contributed by atoms with Gasteiger partial charge in [0.1, 0.15) is 6.17 Å². The maximum atomic E-state index is 12.1. The van der Waals surface area contributed by atoms with E-state index in [4.69, 9.17) is 4.74 Å². The van der Waals surface area contributed by atoms with Crippen molar-refractivity contribution in [3.8, 4) is 0 Å². The lowest BCUT2D eigenvalue weighted by Crippen LogP contribution is -2.59. The zero-order valence-corrected chi connectivity index (χ0v) is 9.73. The van der Waals surface area contributed by atoms with Crippen molar-refractivity contribution in [2.75, 3.05) is 13.2 Å². The molecule has 0 aromatic rings.